The quantitative estimate of drug-likeness (QED) is 0.743. The highest BCUT2D eigenvalue weighted by molar-refractivity contribution is 4.72. The number of hydrogen-bond acceptors (Lipinski definition) is 2. The van der Waals surface area contributed by atoms with Gasteiger partial charge in [-0.25, -0.2) is 0 Å². The molecular weight excluding hydrogens is 222 g/mol. The van der Waals surface area contributed by atoms with Crippen molar-refractivity contribution in [1.29, 1.82) is 0 Å². The van der Waals surface area contributed by atoms with Crippen molar-refractivity contribution in [3.63, 3.8) is 0 Å². The van der Waals surface area contributed by atoms with Crippen LogP contribution in [-0.2, 0) is 0 Å². The van der Waals surface area contributed by atoms with Gasteiger partial charge >= 0.3 is 0 Å². The summed E-state index contributed by atoms with van der Waals surface area (Å²) in [5.41, 5.74) is 0. The summed E-state index contributed by atoms with van der Waals surface area (Å²) in [6.45, 7) is 13.9. The lowest BCUT2D eigenvalue weighted by atomic mass is 9.93. The lowest BCUT2D eigenvalue weighted by Crippen LogP contribution is -2.81. The van der Waals surface area contributed by atoms with Crippen LogP contribution in [0.5, 0.6) is 0 Å². The van der Waals surface area contributed by atoms with Crippen molar-refractivity contribution in [2.75, 3.05) is 53.4 Å². The summed E-state index contributed by atoms with van der Waals surface area (Å²) in [6, 6.07) is 0. The molecule has 1 fully saturated rings. The Balaban J connectivity index is 0.00000137. The van der Waals surface area contributed by atoms with Gasteiger partial charge in [0.1, 0.15) is 0 Å². The van der Waals surface area contributed by atoms with Crippen LogP contribution < -0.4 is 5.32 Å². The molecule has 1 heterocycles. The summed E-state index contributed by atoms with van der Waals surface area (Å²) in [7, 11) is 4.40. The monoisotopic (exact) mass is 258 g/mol. The van der Waals surface area contributed by atoms with Gasteiger partial charge in [-0.1, -0.05) is 20.8 Å². The lowest BCUT2D eigenvalue weighted by Gasteiger charge is -2.31. The number of hydrogen-bond donors (Lipinski definition) is 1. The summed E-state index contributed by atoms with van der Waals surface area (Å²) >= 11 is 0. The predicted molar refractivity (Wildman–Crippen MR) is 81.0 cm³/mol. The van der Waals surface area contributed by atoms with Crippen molar-refractivity contribution in [2.24, 2.45) is 5.92 Å². The zero-order valence-electron chi connectivity index (χ0n) is 13.4. The SMILES string of the molecule is CC.CCN1CCC(CCN(C)CC[NH2+]C)CC1. The first-order valence-electron chi connectivity index (χ1n) is 7.95. The number of nitrogens with two attached hydrogens (primary N) is 1. The van der Waals surface area contributed by atoms with Gasteiger partial charge in [0, 0.05) is 6.54 Å². The van der Waals surface area contributed by atoms with Gasteiger partial charge in [-0.3, -0.25) is 0 Å². The molecule has 0 unspecified atom stereocenters. The van der Waals surface area contributed by atoms with Crippen LogP contribution in [0.2, 0.25) is 0 Å². The van der Waals surface area contributed by atoms with Crippen LogP contribution in [0, 0.1) is 5.92 Å². The van der Waals surface area contributed by atoms with Gasteiger partial charge in [0.15, 0.2) is 0 Å². The van der Waals surface area contributed by atoms with Crippen molar-refractivity contribution in [2.45, 2.75) is 40.0 Å². The van der Waals surface area contributed by atoms with E-state index in [1.165, 1.54) is 58.5 Å². The van der Waals surface area contributed by atoms with E-state index >= 15 is 0 Å². The van der Waals surface area contributed by atoms with E-state index in [1.807, 2.05) is 13.8 Å². The Hall–Kier alpha value is -0.120. The second-order valence-corrected chi connectivity index (χ2v) is 5.17. The van der Waals surface area contributed by atoms with Gasteiger partial charge in [0.05, 0.1) is 13.6 Å². The maximum absolute atomic E-state index is 2.58. The molecule has 0 saturated carbocycles. The van der Waals surface area contributed by atoms with E-state index in [0.29, 0.717) is 0 Å². The van der Waals surface area contributed by atoms with E-state index in [-0.39, 0.29) is 0 Å². The molecule has 2 N–H and O–H groups in total. The van der Waals surface area contributed by atoms with Gasteiger partial charge < -0.3 is 15.1 Å². The fourth-order valence-corrected chi connectivity index (χ4v) is 2.46. The molecule has 0 radical (unpaired) electrons. The third-order valence-electron chi connectivity index (χ3n) is 3.87. The number of quaternary nitrogens is 1. The minimum absolute atomic E-state index is 0.982. The Kier molecular flexibility index (Phi) is 11.9. The molecular formula is C15H36N3+. The van der Waals surface area contributed by atoms with Crippen molar-refractivity contribution in [3.8, 4) is 0 Å². The largest absolute Gasteiger partial charge is 0.348 e. The van der Waals surface area contributed by atoms with Gasteiger partial charge in [-0.2, -0.15) is 0 Å². The van der Waals surface area contributed by atoms with E-state index in [2.05, 4.69) is 36.1 Å². The number of likely N-dealkylation sites (tertiary alicyclic amines) is 1. The van der Waals surface area contributed by atoms with E-state index in [0.717, 1.165) is 5.92 Å². The number of rotatable bonds is 7. The molecule has 110 valence electrons. The van der Waals surface area contributed by atoms with Crippen molar-refractivity contribution < 1.29 is 5.32 Å². The summed E-state index contributed by atoms with van der Waals surface area (Å²) in [6.07, 6.45) is 4.24. The molecule has 0 bridgehead atoms. The molecule has 1 aliphatic heterocycles. The third kappa shape index (κ3) is 8.06. The van der Waals surface area contributed by atoms with E-state index < -0.39 is 0 Å². The van der Waals surface area contributed by atoms with Gasteiger partial charge in [0.25, 0.3) is 0 Å². The third-order valence-corrected chi connectivity index (χ3v) is 3.87. The predicted octanol–water partition coefficient (Wildman–Crippen LogP) is 1.26. The number of piperidine rings is 1. The van der Waals surface area contributed by atoms with Crippen molar-refractivity contribution >= 4 is 0 Å². The normalized spacial score (nSPS) is 17.7. The smallest absolute Gasteiger partial charge is 0.0882 e. The standard InChI is InChI=1S/C13H29N3.C2H6/c1-4-16-10-6-13(7-11-16)5-9-15(3)12-8-14-2;1-2/h13-14H,4-12H2,1-3H3;1-2H3/p+1. The van der Waals surface area contributed by atoms with Gasteiger partial charge in [-0.05, 0) is 58.4 Å². The molecule has 18 heavy (non-hydrogen) atoms. The molecule has 0 aliphatic carbocycles. The second kappa shape index (κ2) is 11.9. The molecule has 0 aromatic rings. The molecule has 0 atom stereocenters. The zero-order valence-corrected chi connectivity index (χ0v) is 13.4. The van der Waals surface area contributed by atoms with E-state index in [1.54, 1.807) is 0 Å². The molecule has 3 nitrogen and oxygen atoms in total. The summed E-state index contributed by atoms with van der Waals surface area (Å²) in [5.74, 6) is 0.982. The van der Waals surface area contributed by atoms with Crippen LogP contribution in [0.4, 0.5) is 0 Å². The molecule has 1 saturated heterocycles. The van der Waals surface area contributed by atoms with Gasteiger partial charge in [-0.15, -0.1) is 0 Å². The molecule has 0 aromatic heterocycles. The molecule has 0 aromatic carbocycles. The number of nitrogens with zero attached hydrogens (tertiary/aromatic N) is 2. The van der Waals surface area contributed by atoms with Crippen molar-refractivity contribution in [3.05, 3.63) is 0 Å². The Bertz CT molecular complexity index is 165. The summed E-state index contributed by atoms with van der Waals surface area (Å²) < 4.78 is 0. The first-order chi connectivity index (χ1) is 8.76. The van der Waals surface area contributed by atoms with Gasteiger partial charge in [0.2, 0.25) is 0 Å². The molecule has 0 spiro atoms. The summed E-state index contributed by atoms with van der Waals surface area (Å²) in [5, 5.41) is 2.26. The maximum Gasteiger partial charge on any atom is 0.0882 e. The molecule has 0 amide bonds. The summed E-state index contributed by atoms with van der Waals surface area (Å²) in [4.78, 5) is 5.05. The van der Waals surface area contributed by atoms with Crippen LogP contribution >= 0.6 is 0 Å². The Morgan fingerprint density at radius 3 is 2.28 bits per heavy atom. The topological polar surface area (TPSA) is 23.1 Å². The fourth-order valence-electron chi connectivity index (χ4n) is 2.46. The van der Waals surface area contributed by atoms with Crippen LogP contribution in [-0.4, -0.2) is 63.2 Å². The van der Waals surface area contributed by atoms with Crippen LogP contribution in [0.15, 0.2) is 0 Å². The van der Waals surface area contributed by atoms with E-state index in [9.17, 15) is 0 Å². The Labute approximate surface area is 115 Å². The average molecular weight is 258 g/mol. The minimum atomic E-state index is 0.982. The lowest BCUT2D eigenvalue weighted by molar-refractivity contribution is -0.626. The highest BCUT2D eigenvalue weighted by atomic mass is 15.1. The van der Waals surface area contributed by atoms with Crippen LogP contribution in [0.25, 0.3) is 0 Å². The first kappa shape index (κ1) is 17.9. The Morgan fingerprint density at radius 2 is 1.78 bits per heavy atom. The van der Waals surface area contributed by atoms with Crippen LogP contribution in [0.3, 0.4) is 0 Å². The second-order valence-electron chi connectivity index (χ2n) is 5.17. The zero-order chi connectivity index (χ0) is 13.8. The molecule has 1 aliphatic rings. The number of likely N-dealkylation sites (N-methyl/N-ethyl adjacent to an activating group) is 2. The minimum Gasteiger partial charge on any atom is -0.348 e. The first-order valence-corrected chi connectivity index (χ1v) is 7.95. The van der Waals surface area contributed by atoms with Crippen LogP contribution in [0.1, 0.15) is 40.0 Å². The fraction of sp³-hybridized carbons (Fsp3) is 1.00. The average Bonchev–Trinajstić information content (AvgIpc) is 2.45. The molecule has 1 rings (SSSR count). The maximum atomic E-state index is 2.58. The van der Waals surface area contributed by atoms with Crippen molar-refractivity contribution in [1.82, 2.24) is 9.80 Å². The van der Waals surface area contributed by atoms with E-state index in [4.69, 9.17) is 0 Å². The molecule has 3 heteroatoms. The highest BCUT2D eigenvalue weighted by Gasteiger charge is 2.17. The Morgan fingerprint density at radius 1 is 1.17 bits per heavy atom. The highest BCUT2D eigenvalue weighted by Crippen LogP contribution is 2.20.